The van der Waals surface area contributed by atoms with Crippen LogP contribution in [0.15, 0.2) is 36.4 Å². The number of ether oxygens (including phenoxy) is 3. The summed E-state index contributed by atoms with van der Waals surface area (Å²) in [7, 11) is 0. The first-order valence-corrected chi connectivity index (χ1v) is 9.33. The standard InChI is InChI=1S/C22H23NO6/c1-14-3-4-15(2)17(9-14)18(24)6-8-22(26)27-12-21(25)23-11-16-5-7-19-20(10-16)29-13-28-19/h3-5,7,9-10H,6,8,11-13H2,1-2H3,(H,23,25). The maximum atomic E-state index is 12.3. The fourth-order valence-corrected chi connectivity index (χ4v) is 2.91. The van der Waals surface area contributed by atoms with Gasteiger partial charge in [-0.25, -0.2) is 0 Å². The van der Waals surface area contributed by atoms with E-state index in [4.69, 9.17) is 14.2 Å². The summed E-state index contributed by atoms with van der Waals surface area (Å²) >= 11 is 0. The number of Topliss-reactive ketones (excluding diaryl/α,β-unsaturated/α-hetero) is 1. The average molecular weight is 397 g/mol. The first-order valence-electron chi connectivity index (χ1n) is 9.33. The molecule has 0 unspecified atom stereocenters. The second-order valence-corrected chi connectivity index (χ2v) is 6.87. The maximum Gasteiger partial charge on any atom is 0.306 e. The summed E-state index contributed by atoms with van der Waals surface area (Å²) < 4.78 is 15.5. The minimum absolute atomic E-state index is 0.0436. The Morgan fingerprint density at radius 2 is 1.79 bits per heavy atom. The molecule has 7 heteroatoms. The van der Waals surface area contributed by atoms with E-state index in [-0.39, 0.29) is 38.6 Å². The lowest BCUT2D eigenvalue weighted by Gasteiger charge is -2.08. The number of amides is 1. The topological polar surface area (TPSA) is 90.9 Å². The molecule has 1 aliphatic rings. The molecule has 3 rings (SSSR count). The number of ketones is 1. The van der Waals surface area contributed by atoms with Gasteiger partial charge in [0, 0.05) is 18.5 Å². The maximum absolute atomic E-state index is 12.3. The zero-order chi connectivity index (χ0) is 20.8. The molecule has 0 saturated carbocycles. The molecule has 1 amide bonds. The predicted octanol–water partition coefficient (Wildman–Crippen LogP) is 2.85. The second kappa shape index (κ2) is 9.23. The molecule has 0 bridgehead atoms. The molecule has 7 nitrogen and oxygen atoms in total. The van der Waals surface area contributed by atoms with Crippen LogP contribution in [0.3, 0.4) is 0 Å². The highest BCUT2D eigenvalue weighted by atomic mass is 16.7. The number of fused-ring (bicyclic) bond motifs is 1. The number of carbonyl (C=O) groups is 3. The molecule has 2 aromatic carbocycles. The van der Waals surface area contributed by atoms with Gasteiger partial charge >= 0.3 is 5.97 Å². The SMILES string of the molecule is Cc1ccc(C)c(C(=O)CCC(=O)OCC(=O)NCc2ccc3c(c2)OCO3)c1. The average Bonchev–Trinajstić information content (AvgIpc) is 3.18. The Labute approximate surface area is 169 Å². The first kappa shape index (κ1) is 20.4. The lowest BCUT2D eigenvalue weighted by Crippen LogP contribution is -2.28. The zero-order valence-electron chi connectivity index (χ0n) is 16.4. The summed E-state index contributed by atoms with van der Waals surface area (Å²) in [6.07, 6.45) is -0.0242. The lowest BCUT2D eigenvalue weighted by atomic mass is 9.99. The summed E-state index contributed by atoms with van der Waals surface area (Å²) in [6.45, 7) is 3.84. The van der Waals surface area contributed by atoms with Crippen molar-refractivity contribution in [2.45, 2.75) is 33.2 Å². The van der Waals surface area contributed by atoms with E-state index in [0.717, 1.165) is 16.7 Å². The third-order valence-corrected chi connectivity index (χ3v) is 4.54. The van der Waals surface area contributed by atoms with Gasteiger partial charge in [0.15, 0.2) is 23.9 Å². The van der Waals surface area contributed by atoms with Crippen molar-refractivity contribution < 1.29 is 28.6 Å². The van der Waals surface area contributed by atoms with Crippen LogP contribution < -0.4 is 14.8 Å². The molecule has 0 atom stereocenters. The van der Waals surface area contributed by atoms with Crippen molar-refractivity contribution in [3.8, 4) is 11.5 Å². The van der Waals surface area contributed by atoms with E-state index in [1.807, 2.05) is 38.1 Å². The fourth-order valence-electron chi connectivity index (χ4n) is 2.91. The largest absolute Gasteiger partial charge is 0.456 e. The molecule has 0 fully saturated rings. The van der Waals surface area contributed by atoms with Gasteiger partial charge in [0.25, 0.3) is 5.91 Å². The van der Waals surface area contributed by atoms with Crippen molar-refractivity contribution in [2.24, 2.45) is 0 Å². The van der Waals surface area contributed by atoms with Crippen LogP contribution in [-0.2, 0) is 20.9 Å². The highest BCUT2D eigenvalue weighted by molar-refractivity contribution is 5.99. The summed E-state index contributed by atoms with van der Waals surface area (Å²) in [5.41, 5.74) is 3.31. The number of hydrogen-bond acceptors (Lipinski definition) is 6. The van der Waals surface area contributed by atoms with Crippen LogP contribution in [0.2, 0.25) is 0 Å². The Bertz CT molecular complexity index is 937. The van der Waals surface area contributed by atoms with Gasteiger partial charge in [0.2, 0.25) is 6.79 Å². The van der Waals surface area contributed by atoms with Gasteiger partial charge < -0.3 is 19.5 Å². The van der Waals surface area contributed by atoms with E-state index in [2.05, 4.69) is 5.32 Å². The third-order valence-electron chi connectivity index (χ3n) is 4.54. The Kier molecular flexibility index (Phi) is 6.49. The van der Waals surface area contributed by atoms with Gasteiger partial charge in [0.05, 0.1) is 6.42 Å². The number of carbonyl (C=O) groups excluding carboxylic acids is 3. The number of benzene rings is 2. The summed E-state index contributed by atoms with van der Waals surface area (Å²) in [6, 6.07) is 11.0. The van der Waals surface area contributed by atoms with Crippen LogP contribution in [-0.4, -0.2) is 31.1 Å². The zero-order valence-corrected chi connectivity index (χ0v) is 16.4. The van der Waals surface area contributed by atoms with Crippen molar-refractivity contribution in [1.82, 2.24) is 5.32 Å². The van der Waals surface area contributed by atoms with Crippen molar-refractivity contribution >= 4 is 17.7 Å². The second-order valence-electron chi connectivity index (χ2n) is 6.87. The molecular weight excluding hydrogens is 374 g/mol. The molecule has 0 saturated heterocycles. The predicted molar refractivity (Wildman–Crippen MR) is 105 cm³/mol. The quantitative estimate of drug-likeness (QED) is 0.544. The van der Waals surface area contributed by atoms with Gasteiger partial charge in [0.1, 0.15) is 0 Å². The van der Waals surface area contributed by atoms with Crippen LogP contribution in [0, 0.1) is 13.8 Å². The lowest BCUT2D eigenvalue weighted by molar-refractivity contribution is -0.148. The van der Waals surface area contributed by atoms with Crippen molar-refractivity contribution in [1.29, 1.82) is 0 Å². The third kappa shape index (κ3) is 5.57. The molecule has 29 heavy (non-hydrogen) atoms. The minimum Gasteiger partial charge on any atom is -0.456 e. The van der Waals surface area contributed by atoms with Crippen LogP contribution >= 0.6 is 0 Å². The highest BCUT2D eigenvalue weighted by Crippen LogP contribution is 2.32. The van der Waals surface area contributed by atoms with E-state index >= 15 is 0 Å². The number of esters is 1. The van der Waals surface area contributed by atoms with Crippen LogP contribution in [0.25, 0.3) is 0 Å². The van der Waals surface area contributed by atoms with Crippen LogP contribution in [0.1, 0.15) is 39.9 Å². The molecule has 0 spiro atoms. The smallest absolute Gasteiger partial charge is 0.306 e. The Morgan fingerprint density at radius 1 is 1.00 bits per heavy atom. The van der Waals surface area contributed by atoms with E-state index < -0.39 is 11.9 Å². The Balaban J connectivity index is 1.38. The van der Waals surface area contributed by atoms with E-state index in [1.165, 1.54) is 0 Å². The molecule has 1 N–H and O–H groups in total. The number of rotatable bonds is 8. The molecule has 0 aromatic heterocycles. The molecule has 2 aromatic rings. The van der Waals surface area contributed by atoms with Gasteiger partial charge in [-0.2, -0.15) is 0 Å². The number of hydrogen-bond donors (Lipinski definition) is 1. The minimum atomic E-state index is -0.582. The fraction of sp³-hybridized carbons (Fsp3) is 0.318. The molecule has 1 aliphatic heterocycles. The van der Waals surface area contributed by atoms with Gasteiger partial charge in [-0.1, -0.05) is 23.8 Å². The molecule has 152 valence electrons. The van der Waals surface area contributed by atoms with Crippen LogP contribution in [0.4, 0.5) is 0 Å². The molecular formula is C22H23NO6. The van der Waals surface area contributed by atoms with Crippen molar-refractivity contribution in [3.05, 3.63) is 58.7 Å². The summed E-state index contributed by atoms with van der Waals surface area (Å²) in [5.74, 6) is 0.190. The van der Waals surface area contributed by atoms with Crippen LogP contribution in [0.5, 0.6) is 11.5 Å². The van der Waals surface area contributed by atoms with Gasteiger partial charge in [-0.15, -0.1) is 0 Å². The molecule has 0 radical (unpaired) electrons. The Hall–Kier alpha value is -3.35. The number of aryl methyl sites for hydroxylation is 2. The normalized spacial score (nSPS) is 11.8. The highest BCUT2D eigenvalue weighted by Gasteiger charge is 2.15. The summed E-state index contributed by atoms with van der Waals surface area (Å²) in [4.78, 5) is 36.0. The van der Waals surface area contributed by atoms with E-state index in [0.29, 0.717) is 17.1 Å². The molecule has 0 aliphatic carbocycles. The van der Waals surface area contributed by atoms with Crippen molar-refractivity contribution in [2.75, 3.05) is 13.4 Å². The van der Waals surface area contributed by atoms with Gasteiger partial charge in [-0.3, -0.25) is 14.4 Å². The van der Waals surface area contributed by atoms with Crippen molar-refractivity contribution in [3.63, 3.8) is 0 Å². The Morgan fingerprint density at radius 3 is 2.62 bits per heavy atom. The van der Waals surface area contributed by atoms with E-state index in [9.17, 15) is 14.4 Å². The summed E-state index contributed by atoms with van der Waals surface area (Å²) in [5, 5.41) is 2.67. The first-order chi connectivity index (χ1) is 13.9. The van der Waals surface area contributed by atoms with Gasteiger partial charge in [-0.05, 0) is 43.2 Å². The van der Waals surface area contributed by atoms with E-state index in [1.54, 1.807) is 12.1 Å². The number of nitrogens with one attached hydrogen (secondary N) is 1. The monoisotopic (exact) mass is 397 g/mol. The molecule has 1 heterocycles.